The van der Waals surface area contributed by atoms with Crippen LogP contribution in [0.4, 0.5) is 13.2 Å². The van der Waals surface area contributed by atoms with E-state index < -0.39 is 11.7 Å². The second kappa shape index (κ2) is 6.18. The molecule has 2 rings (SSSR count). The topological polar surface area (TPSA) is 12.0 Å². The van der Waals surface area contributed by atoms with Crippen molar-refractivity contribution in [3.8, 4) is 0 Å². The predicted molar refractivity (Wildman–Crippen MR) is 73.2 cm³/mol. The highest BCUT2D eigenvalue weighted by Gasteiger charge is 2.30. The van der Waals surface area contributed by atoms with Gasteiger partial charge in [-0.25, -0.2) is 0 Å². The highest BCUT2D eigenvalue weighted by Crippen LogP contribution is 2.30. The van der Waals surface area contributed by atoms with Crippen LogP contribution in [0.5, 0.6) is 0 Å². The molecule has 0 aromatic heterocycles. The summed E-state index contributed by atoms with van der Waals surface area (Å²) in [5, 5.41) is 3.91. The number of halogens is 3. The van der Waals surface area contributed by atoms with Crippen LogP contribution in [0.1, 0.15) is 30.9 Å². The highest BCUT2D eigenvalue weighted by atomic mass is 32.2. The van der Waals surface area contributed by atoms with Gasteiger partial charge in [-0.2, -0.15) is 24.9 Å². The van der Waals surface area contributed by atoms with Crippen LogP contribution in [0.15, 0.2) is 24.3 Å². The molecule has 19 heavy (non-hydrogen) atoms. The monoisotopic (exact) mass is 289 g/mol. The number of benzene rings is 1. The summed E-state index contributed by atoms with van der Waals surface area (Å²) in [6, 6.07) is 5.95. The van der Waals surface area contributed by atoms with Crippen LogP contribution in [0.25, 0.3) is 0 Å². The molecule has 1 aromatic carbocycles. The molecule has 106 valence electrons. The molecule has 1 heterocycles. The molecule has 0 saturated carbocycles. The van der Waals surface area contributed by atoms with Gasteiger partial charge in [0.2, 0.25) is 0 Å². The Morgan fingerprint density at radius 2 is 2.16 bits per heavy atom. The molecule has 0 bridgehead atoms. The molecule has 0 aliphatic carbocycles. The minimum atomic E-state index is -4.26. The molecule has 0 radical (unpaired) electrons. The molecule has 1 aliphatic heterocycles. The van der Waals surface area contributed by atoms with Gasteiger partial charge < -0.3 is 5.32 Å². The van der Waals surface area contributed by atoms with E-state index in [4.69, 9.17) is 0 Å². The number of thioether (sulfide) groups is 1. The Labute approximate surface area is 116 Å². The van der Waals surface area contributed by atoms with Gasteiger partial charge in [0, 0.05) is 17.8 Å². The Hall–Kier alpha value is -0.680. The Balaban J connectivity index is 1.96. The second-order valence-corrected chi connectivity index (χ2v) is 6.39. The van der Waals surface area contributed by atoms with E-state index in [1.165, 1.54) is 24.3 Å². The first-order chi connectivity index (χ1) is 8.97. The molecule has 0 amide bonds. The van der Waals surface area contributed by atoms with Crippen LogP contribution in [0.2, 0.25) is 0 Å². The van der Waals surface area contributed by atoms with Crippen molar-refractivity contribution in [2.45, 2.75) is 43.8 Å². The number of hydrogen-bond donors (Lipinski definition) is 1. The summed E-state index contributed by atoms with van der Waals surface area (Å²) in [5.41, 5.74) is 0.121. The first-order valence-corrected chi connectivity index (χ1v) is 7.53. The van der Waals surface area contributed by atoms with Crippen molar-refractivity contribution in [2.75, 3.05) is 5.75 Å². The minimum absolute atomic E-state index is 0.397. The van der Waals surface area contributed by atoms with E-state index in [1.54, 1.807) is 6.07 Å². The van der Waals surface area contributed by atoms with Crippen LogP contribution >= 0.6 is 11.8 Å². The SMILES string of the molecule is CC1SCCCC1NCc1cccc(C(F)(F)F)c1. The fourth-order valence-corrected chi connectivity index (χ4v) is 3.47. The third-order valence-corrected chi connectivity index (χ3v) is 4.81. The van der Waals surface area contributed by atoms with Crippen LogP contribution in [-0.4, -0.2) is 17.0 Å². The van der Waals surface area contributed by atoms with Crippen molar-refractivity contribution < 1.29 is 13.2 Å². The summed E-state index contributed by atoms with van der Waals surface area (Å²) < 4.78 is 37.8. The van der Waals surface area contributed by atoms with E-state index in [9.17, 15) is 13.2 Å². The Bertz CT molecular complexity index is 419. The molecule has 5 heteroatoms. The maximum atomic E-state index is 12.6. The molecule has 2 atom stereocenters. The fraction of sp³-hybridized carbons (Fsp3) is 0.571. The average molecular weight is 289 g/mol. The van der Waals surface area contributed by atoms with E-state index in [-0.39, 0.29) is 0 Å². The molecule has 1 fully saturated rings. The summed E-state index contributed by atoms with van der Waals surface area (Å²) in [5.74, 6) is 1.18. The normalized spacial score (nSPS) is 24.4. The second-order valence-electron chi connectivity index (χ2n) is 4.90. The van der Waals surface area contributed by atoms with Crippen molar-refractivity contribution in [3.63, 3.8) is 0 Å². The van der Waals surface area contributed by atoms with Crippen molar-refractivity contribution in [1.29, 1.82) is 0 Å². The summed E-state index contributed by atoms with van der Waals surface area (Å²) >= 11 is 1.93. The average Bonchev–Trinajstić information content (AvgIpc) is 2.37. The van der Waals surface area contributed by atoms with E-state index in [0.717, 1.165) is 12.5 Å². The molecule has 1 aliphatic rings. The number of alkyl halides is 3. The lowest BCUT2D eigenvalue weighted by molar-refractivity contribution is -0.137. The van der Waals surface area contributed by atoms with Gasteiger partial charge in [0.15, 0.2) is 0 Å². The summed E-state index contributed by atoms with van der Waals surface area (Å²) in [6.45, 7) is 2.67. The molecular weight excluding hydrogens is 271 g/mol. The molecule has 0 spiro atoms. The standard InChI is InChI=1S/C14H18F3NS/c1-10-13(6-3-7-19-10)18-9-11-4-2-5-12(8-11)14(15,16)17/h2,4-5,8,10,13,18H,3,6-7,9H2,1H3. The maximum absolute atomic E-state index is 12.6. The zero-order valence-electron chi connectivity index (χ0n) is 10.8. The Morgan fingerprint density at radius 1 is 1.37 bits per heavy atom. The van der Waals surface area contributed by atoms with E-state index >= 15 is 0 Å². The van der Waals surface area contributed by atoms with Gasteiger partial charge in [-0.1, -0.05) is 25.1 Å². The lowest BCUT2D eigenvalue weighted by Crippen LogP contribution is -2.38. The largest absolute Gasteiger partial charge is 0.416 e. The predicted octanol–water partition coefficient (Wildman–Crippen LogP) is 4.08. The van der Waals surface area contributed by atoms with Crippen LogP contribution in [0.3, 0.4) is 0 Å². The smallest absolute Gasteiger partial charge is 0.309 e. The lowest BCUT2D eigenvalue weighted by Gasteiger charge is -2.29. The van der Waals surface area contributed by atoms with Gasteiger partial charge in [0.25, 0.3) is 0 Å². The highest BCUT2D eigenvalue weighted by molar-refractivity contribution is 7.99. The quantitative estimate of drug-likeness (QED) is 0.900. The van der Waals surface area contributed by atoms with Crippen molar-refractivity contribution in [3.05, 3.63) is 35.4 Å². The summed E-state index contributed by atoms with van der Waals surface area (Å²) in [4.78, 5) is 0. The summed E-state index contributed by atoms with van der Waals surface area (Å²) in [7, 11) is 0. The zero-order chi connectivity index (χ0) is 13.9. The van der Waals surface area contributed by atoms with Crippen LogP contribution < -0.4 is 5.32 Å². The molecule has 1 nitrogen and oxygen atoms in total. The molecule has 2 unspecified atom stereocenters. The van der Waals surface area contributed by atoms with Gasteiger partial charge >= 0.3 is 6.18 Å². The van der Waals surface area contributed by atoms with Crippen molar-refractivity contribution >= 4 is 11.8 Å². The van der Waals surface area contributed by atoms with Crippen LogP contribution in [-0.2, 0) is 12.7 Å². The molecule has 1 N–H and O–H groups in total. The third-order valence-electron chi connectivity index (χ3n) is 3.43. The number of hydrogen-bond acceptors (Lipinski definition) is 2. The van der Waals surface area contributed by atoms with Gasteiger partial charge in [0.1, 0.15) is 0 Å². The van der Waals surface area contributed by atoms with Crippen LogP contribution in [0, 0.1) is 0 Å². The first kappa shape index (κ1) is 14.7. The van der Waals surface area contributed by atoms with Gasteiger partial charge in [-0.3, -0.25) is 0 Å². The minimum Gasteiger partial charge on any atom is -0.309 e. The van der Waals surface area contributed by atoms with E-state index in [0.29, 0.717) is 23.4 Å². The van der Waals surface area contributed by atoms with Crippen molar-refractivity contribution in [1.82, 2.24) is 5.32 Å². The number of nitrogens with one attached hydrogen (secondary N) is 1. The number of rotatable bonds is 3. The van der Waals surface area contributed by atoms with E-state index in [2.05, 4.69) is 12.2 Å². The molecule has 1 aromatic rings. The molecule has 1 saturated heterocycles. The zero-order valence-corrected chi connectivity index (χ0v) is 11.7. The lowest BCUT2D eigenvalue weighted by atomic mass is 10.1. The Morgan fingerprint density at radius 3 is 2.84 bits per heavy atom. The van der Waals surface area contributed by atoms with Gasteiger partial charge in [-0.15, -0.1) is 0 Å². The van der Waals surface area contributed by atoms with E-state index in [1.807, 2.05) is 11.8 Å². The molecular formula is C14H18F3NS. The van der Waals surface area contributed by atoms with Gasteiger partial charge in [0.05, 0.1) is 5.56 Å². The van der Waals surface area contributed by atoms with Crippen molar-refractivity contribution in [2.24, 2.45) is 0 Å². The maximum Gasteiger partial charge on any atom is 0.416 e. The fourth-order valence-electron chi connectivity index (χ4n) is 2.30. The Kier molecular flexibility index (Phi) is 4.79. The van der Waals surface area contributed by atoms with Gasteiger partial charge in [-0.05, 0) is 30.2 Å². The third kappa shape index (κ3) is 4.14. The first-order valence-electron chi connectivity index (χ1n) is 6.48. The summed E-state index contributed by atoms with van der Waals surface area (Å²) in [6.07, 6.45) is -1.98.